The molecule has 1 fully saturated rings. The summed E-state index contributed by atoms with van der Waals surface area (Å²) in [6, 6.07) is 4.17. The number of hydrogen-bond acceptors (Lipinski definition) is 6. The van der Waals surface area contributed by atoms with Gasteiger partial charge in [-0.3, -0.25) is 4.79 Å². The zero-order valence-corrected chi connectivity index (χ0v) is 13.6. The number of benzene rings is 1. The van der Waals surface area contributed by atoms with Crippen molar-refractivity contribution >= 4 is 15.9 Å². The maximum absolute atomic E-state index is 12.9. The molecule has 0 radical (unpaired) electrons. The predicted octanol–water partition coefficient (Wildman–Crippen LogP) is 0.981. The van der Waals surface area contributed by atoms with Crippen LogP contribution in [0.1, 0.15) is 30.6 Å². The highest BCUT2D eigenvalue weighted by Gasteiger charge is 2.33. The van der Waals surface area contributed by atoms with Crippen molar-refractivity contribution in [2.24, 2.45) is 0 Å². The number of amides is 1. The van der Waals surface area contributed by atoms with E-state index >= 15 is 0 Å². The molecular formula is C14H15FN4O4S. The first kappa shape index (κ1) is 16.5. The predicted molar refractivity (Wildman–Crippen MR) is 79.5 cm³/mol. The Balaban J connectivity index is 1.67. The van der Waals surface area contributed by atoms with E-state index in [9.17, 15) is 17.6 Å². The summed E-state index contributed by atoms with van der Waals surface area (Å²) < 4.78 is 44.5. The highest BCUT2D eigenvalue weighted by atomic mass is 32.2. The largest absolute Gasteiger partial charge is 0.337 e. The molecule has 128 valence electrons. The van der Waals surface area contributed by atoms with Crippen molar-refractivity contribution in [3.8, 4) is 0 Å². The highest BCUT2D eigenvalue weighted by Crippen LogP contribution is 2.29. The van der Waals surface area contributed by atoms with E-state index in [1.54, 1.807) is 7.05 Å². The number of nitrogens with zero attached hydrogens (tertiary/aromatic N) is 3. The molecule has 0 unspecified atom stereocenters. The van der Waals surface area contributed by atoms with Crippen molar-refractivity contribution in [2.45, 2.75) is 30.3 Å². The number of sulfonamides is 1. The summed E-state index contributed by atoms with van der Waals surface area (Å²) in [6.07, 6.45) is 0.994. The molecule has 2 heterocycles. The molecular weight excluding hydrogens is 339 g/mol. The molecule has 1 aliphatic heterocycles. The molecule has 1 N–H and O–H groups in total. The van der Waals surface area contributed by atoms with Crippen LogP contribution in [0.4, 0.5) is 4.39 Å². The number of aromatic nitrogens is 2. The lowest BCUT2D eigenvalue weighted by atomic mass is 10.2. The van der Waals surface area contributed by atoms with Gasteiger partial charge >= 0.3 is 0 Å². The van der Waals surface area contributed by atoms with Crippen LogP contribution in [0.3, 0.4) is 0 Å². The first-order valence-corrected chi connectivity index (χ1v) is 8.68. The molecule has 2 aromatic rings. The average Bonchev–Trinajstić information content (AvgIpc) is 3.14. The summed E-state index contributed by atoms with van der Waals surface area (Å²) >= 11 is 0. The zero-order valence-electron chi connectivity index (χ0n) is 12.8. The van der Waals surface area contributed by atoms with Crippen LogP contribution in [-0.2, 0) is 21.4 Å². The fraction of sp³-hybridized carbons (Fsp3) is 0.357. The third kappa shape index (κ3) is 3.29. The Morgan fingerprint density at radius 1 is 1.38 bits per heavy atom. The normalized spacial score (nSPS) is 18.3. The van der Waals surface area contributed by atoms with Crippen LogP contribution in [0.15, 0.2) is 33.7 Å². The van der Waals surface area contributed by atoms with Crippen LogP contribution in [0.5, 0.6) is 0 Å². The summed E-state index contributed by atoms with van der Waals surface area (Å²) in [7, 11) is -2.15. The number of rotatable bonds is 5. The van der Waals surface area contributed by atoms with Crippen molar-refractivity contribution in [3.05, 3.63) is 41.8 Å². The molecule has 1 saturated heterocycles. The molecule has 24 heavy (non-hydrogen) atoms. The summed E-state index contributed by atoms with van der Waals surface area (Å²) in [5.74, 6) is -0.0912. The van der Waals surface area contributed by atoms with Gasteiger partial charge in [-0.15, -0.1) is 0 Å². The van der Waals surface area contributed by atoms with Gasteiger partial charge in [-0.2, -0.15) is 4.98 Å². The van der Waals surface area contributed by atoms with Gasteiger partial charge in [0, 0.05) is 13.5 Å². The number of carbonyl (C=O) groups excluding carboxylic acids is 1. The van der Waals surface area contributed by atoms with E-state index in [1.807, 2.05) is 0 Å². The molecule has 1 atom stereocenters. The number of hydrogen-bond donors (Lipinski definition) is 1. The van der Waals surface area contributed by atoms with E-state index in [1.165, 1.54) is 17.0 Å². The summed E-state index contributed by atoms with van der Waals surface area (Å²) in [5.41, 5.74) is 0. The fourth-order valence-electron chi connectivity index (χ4n) is 2.42. The smallest absolute Gasteiger partial charge is 0.249 e. The van der Waals surface area contributed by atoms with Gasteiger partial charge in [-0.25, -0.2) is 17.5 Å². The lowest BCUT2D eigenvalue weighted by Crippen LogP contribution is -2.24. The van der Waals surface area contributed by atoms with Gasteiger partial charge < -0.3 is 9.42 Å². The standard InChI is InChI=1S/C14H15FN4O4S/c1-19-11(6-7-13(19)20)14-17-12(18-23-14)8-16-24(21,22)10-4-2-9(15)3-5-10/h2-5,11,16H,6-8H2,1H3/t11-/m0/s1. The molecule has 1 aliphatic rings. The molecule has 1 aromatic carbocycles. The molecule has 8 nitrogen and oxygen atoms in total. The Labute approximate surface area is 137 Å². The molecule has 0 saturated carbocycles. The zero-order chi connectivity index (χ0) is 17.3. The van der Waals surface area contributed by atoms with Crippen LogP contribution in [0.25, 0.3) is 0 Å². The third-order valence-electron chi connectivity index (χ3n) is 3.81. The van der Waals surface area contributed by atoms with E-state index < -0.39 is 15.8 Å². The quantitative estimate of drug-likeness (QED) is 0.858. The molecule has 0 aliphatic carbocycles. The Kier molecular flexibility index (Phi) is 4.33. The van der Waals surface area contributed by atoms with E-state index in [0.717, 1.165) is 12.1 Å². The lowest BCUT2D eigenvalue weighted by Gasteiger charge is -2.14. The van der Waals surface area contributed by atoms with Gasteiger partial charge in [0.15, 0.2) is 5.82 Å². The van der Waals surface area contributed by atoms with Gasteiger partial charge in [-0.1, -0.05) is 5.16 Å². The third-order valence-corrected chi connectivity index (χ3v) is 5.22. The molecule has 0 bridgehead atoms. The van der Waals surface area contributed by atoms with E-state index in [-0.39, 0.29) is 35.1 Å². The minimum Gasteiger partial charge on any atom is -0.337 e. The van der Waals surface area contributed by atoms with Gasteiger partial charge in [0.2, 0.25) is 21.8 Å². The number of carbonyl (C=O) groups is 1. The summed E-state index contributed by atoms with van der Waals surface area (Å²) in [4.78, 5) is 17.1. The van der Waals surface area contributed by atoms with Crippen LogP contribution in [0.2, 0.25) is 0 Å². The Morgan fingerprint density at radius 3 is 2.71 bits per heavy atom. The van der Waals surface area contributed by atoms with E-state index in [0.29, 0.717) is 12.8 Å². The SMILES string of the molecule is CN1C(=O)CC[C@H]1c1nc(CNS(=O)(=O)c2ccc(F)cc2)no1. The number of likely N-dealkylation sites (tertiary alicyclic amines) is 1. The minimum absolute atomic E-state index is 0.00300. The minimum atomic E-state index is -3.81. The van der Waals surface area contributed by atoms with E-state index in [4.69, 9.17) is 4.52 Å². The van der Waals surface area contributed by atoms with Crippen molar-refractivity contribution in [3.63, 3.8) is 0 Å². The van der Waals surface area contributed by atoms with Gasteiger partial charge in [0.05, 0.1) is 11.4 Å². The van der Waals surface area contributed by atoms with Crippen LogP contribution in [-0.4, -0.2) is 36.4 Å². The Hall–Kier alpha value is -2.33. The molecule has 0 spiro atoms. The molecule has 3 rings (SSSR count). The monoisotopic (exact) mass is 354 g/mol. The van der Waals surface area contributed by atoms with Crippen LogP contribution in [0, 0.1) is 5.82 Å². The number of halogens is 1. The molecule has 1 aromatic heterocycles. The second kappa shape index (κ2) is 6.29. The second-order valence-corrected chi connectivity index (χ2v) is 7.15. The average molecular weight is 354 g/mol. The van der Waals surface area contributed by atoms with Crippen molar-refractivity contribution in [1.29, 1.82) is 0 Å². The fourth-order valence-corrected chi connectivity index (χ4v) is 3.40. The highest BCUT2D eigenvalue weighted by molar-refractivity contribution is 7.89. The maximum Gasteiger partial charge on any atom is 0.249 e. The van der Waals surface area contributed by atoms with Crippen molar-refractivity contribution in [1.82, 2.24) is 19.8 Å². The van der Waals surface area contributed by atoms with Crippen LogP contribution >= 0.6 is 0 Å². The first-order valence-electron chi connectivity index (χ1n) is 7.20. The van der Waals surface area contributed by atoms with Crippen molar-refractivity contribution < 1.29 is 22.1 Å². The topological polar surface area (TPSA) is 105 Å². The molecule has 10 heteroatoms. The number of nitrogens with one attached hydrogen (secondary N) is 1. The van der Waals surface area contributed by atoms with Gasteiger partial charge in [-0.05, 0) is 30.7 Å². The first-order chi connectivity index (χ1) is 11.4. The lowest BCUT2D eigenvalue weighted by molar-refractivity contribution is -0.127. The van der Waals surface area contributed by atoms with Crippen molar-refractivity contribution in [2.75, 3.05) is 7.05 Å². The Morgan fingerprint density at radius 2 is 2.08 bits per heavy atom. The van der Waals surface area contributed by atoms with Gasteiger partial charge in [0.1, 0.15) is 11.9 Å². The van der Waals surface area contributed by atoms with Crippen LogP contribution < -0.4 is 4.72 Å². The van der Waals surface area contributed by atoms with E-state index in [2.05, 4.69) is 14.9 Å². The summed E-state index contributed by atoms with van der Waals surface area (Å²) in [5, 5.41) is 3.72. The Bertz CT molecular complexity index is 850. The summed E-state index contributed by atoms with van der Waals surface area (Å²) in [6.45, 7) is -0.173. The second-order valence-electron chi connectivity index (χ2n) is 5.39. The maximum atomic E-state index is 12.9. The molecule has 1 amide bonds. The van der Waals surface area contributed by atoms with Gasteiger partial charge in [0.25, 0.3) is 0 Å².